The van der Waals surface area contributed by atoms with Gasteiger partial charge in [0.05, 0.1) is 13.0 Å². The van der Waals surface area contributed by atoms with Crippen molar-refractivity contribution in [1.82, 2.24) is 4.90 Å². The van der Waals surface area contributed by atoms with Gasteiger partial charge in [-0.25, -0.2) is 0 Å². The Labute approximate surface area is 86.4 Å². The molecule has 0 N–H and O–H groups in total. The summed E-state index contributed by atoms with van der Waals surface area (Å²) in [5.74, 6) is -0.137. The second-order valence-electron chi connectivity index (χ2n) is 4.11. The lowest BCUT2D eigenvalue weighted by Gasteiger charge is -2.21. The van der Waals surface area contributed by atoms with Crippen LogP contribution >= 0.6 is 0 Å². The predicted octanol–water partition coefficient (Wildman–Crippen LogP) is 1.30. The van der Waals surface area contributed by atoms with Crippen LogP contribution in [0.2, 0.25) is 0 Å². The van der Waals surface area contributed by atoms with E-state index in [0.29, 0.717) is 13.0 Å². The highest BCUT2D eigenvalue weighted by Gasteiger charge is 2.20. The Balaban J connectivity index is 2.07. The Morgan fingerprint density at radius 3 is 2.64 bits per heavy atom. The summed E-state index contributed by atoms with van der Waals surface area (Å²) in [5.41, 5.74) is -0.379. The lowest BCUT2D eigenvalue weighted by Crippen LogP contribution is -2.22. The van der Waals surface area contributed by atoms with Crippen molar-refractivity contribution in [3.05, 3.63) is 13.8 Å². The number of hydrogen-bond acceptors (Lipinski definition) is 3. The molecule has 1 aliphatic heterocycles. The van der Waals surface area contributed by atoms with Crippen LogP contribution in [-0.2, 0) is 9.53 Å². The summed E-state index contributed by atoms with van der Waals surface area (Å²) in [6.07, 6.45) is 1.30. The zero-order chi connectivity index (χ0) is 10.6. The maximum Gasteiger partial charge on any atom is 0.307 e. The van der Waals surface area contributed by atoms with E-state index in [4.69, 9.17) is 4.74 Å². The Morgan fingerprint density at radius 2 is 2.14 bits per heavy atom. The number of ether oxygens (including phenoxy) is 1. The first-order chi connectivity index (χ1) is 6.53. The fraction of sp³-hybridized carbons (Fsp3) is 0.727. The van der Waals surface area contributed by atoms with Crippen molar-refractivity contribution in [2.45, 2.75) is 19.8 Å². The Morgan fingerprint density at radius 1 is 1.50 bits per heavy atom. The summed E-state index contributed by atoms with van der Waals surface area (Å²) in [4.78, 5) is 13.4. The number of esters is 1. The van der Waals surface area contributed by atoms with Gasteiger partial charge in [-0.05, 0) is 20.3 Å². The highest BCUT2D eigenvalue weighted by atomic mass is 16.5. The molecule has 1 rings (SSSR count). The van der Waals surface area contributed by atoms with E-state index < -0.39 is 0 Å². The molecular formula is C11H19NO2. The van der Waals surface area contributed by atoms with Crippen LogP contribution in [0.25, 0.3) is 0 Å². The zero-order valence-electron chi connectivity index (χ0n) is 8.92. The maximum absolute atomic E-state index is 11.2. The van der Waals surface area contributed by atoms with Gasteiger partial charge in [0.25, 0.3) is 0 Å². The average Bonchev–Trinajstić information content (AvgIpc) is 2.95. The fourth-order valence-electron chi connectivity index (χ4n) is 0.952. The summed E-state index contributed by atoms with van der Waals surface area (Å²) in [6.45, 7) is 13.1. The van der Waals surface area contributed by atoms with Crippen LogP contribution in [0, 0.1) is 19.3 Å². The molecule has 0 aromatic heterocycles. The normalized spacial score (nSPS) is 16.8. The van der Waals surface area contributed by atoms with E-state index >= 15 is 0 Å². The van der Waals surface area contributed by atoms with E-state index in [2.05, 4.69) is 18.7 Å². The van der Waals surface area contributed by atoms with Gasteiger partial charge in [-0.3, -0.25) is 4.79 Å². The third kappa shape index (κ3) is 4.61. The molecule has 0 spiro atoms. The van der Waals surface area contributed by atoms with Crippen LogP contribution in [0.5, 0.6) is 0 Å². The van der Waals surface area contributed by atoms with Gasteiger partial charge in [-0.1, -0.05) is 6.92 Å². The molecule has 3 nitrogen and oxygen atoms in total. The lowest BCUT2D eigenvalue weighted by molar-refractivity contribution is -0.145. The van der Waals surface area contributed by atoms with Crippen molar-refractivity contribution >= 4 is 5.97 Å². The van der Waals surface area contributed by atoms with Gasteiger partial charge < -0.3 is 9.64 Å². The van der Waals surface area contributed by atoms with Crippen molar-refractivity contribution in [2.24, 2.45) is 5.41 Å². The van der Waals surface area contributed by atoms with Crippen LogP contribution in [-0.4, -0.2) is 37.1 Å². The SMILES string of the molecule is [CH2]C([CH2])(CC)COC(=O)CCN1CC1. The van der Waals surface area contributed by atoms with E-state index in [1.165, 1.54) is 0 Å². The van der Waals surface area contributed by atoms with Crippen LogP contribution < -0.4 is 0 Å². The number of hydrogen-bond donors (Lipinski definition) is 0. The molecular weight excluding hydrogens is 178 g/mol. The number of nitrogens with zero attached hydrogens (tertiary/aromatic N) is 1. The number of rotatable bonds is 6. The van der Waals surface area contributed by atoms with Gasteiger partial charge in [0.1, 0.15) is 0 Å². The molecule has 0 aromatic carbocycles. The quantitative estimate of drug-likeness (QED) is 0.475. The standard InChI is InChI=1S/C11H19NO2/c1-4-11(2,3)9-14-10(13)5-6-12-7-8-12/h2-9H2,1H3. The van der Waals surface area contributed by atoms with E-state index in [-0.39, 0.29) is 11.4 Å². The molecule has 1 fully saturated rings. The van der Waals surface area contributed by atoms with Gasteiger partial charge in [0.2, 0.25) is 0 Å². The Bertz CT molecular complexity index is 197. The molecule has 14 heavy (non-hydrogen) atoms. The van der Waals surface area contributed by atoms with Crippen molar-refractivity contribution in [3.8, 4) is 0 Å². The van der Waals surface area contributed by atoms with Crippen molar-refractivity contribution in [2.75, 3.05) is 26.2 Å². The van der Waals surface area contributed by atoms with Gasteiger partial charge in [0.15, 0.2) is 0 Å². The third-order valence-corrected chi connectivity index (χ3v) is 2.46. The molecule has 0 amide bonds. The summed E-state index contributed by atoms with van der Waals surface area (Å²) in [5, 5.41) is 0. The first-order valence-corrected chi connectivity index (χ1v) is 5.12. The Kier molecular flexibility index (Phi) is 3.93. The molecule has 0 unspecified atom stereocenters. The van der Waals surface area contributed by atoms with Gasteiger partial charge >= 0.3 is 5.97 Å². The van der Waals surface area contributed by atoms with E-state index in [1.54, 1.807) is 0 Å². The molecule has 0 aliphatic carbocycles. The zero-order valence-corrected chi connectivity index (χ0v) is 8.92. The second-order valence-corrected chi connectivity index (χ2v) is 4.11. The minimum atomic E-state index is -0.379. The third-order valence-electron chi connectivity index (χ3n) is 2.46. The molecule has 1 aliphatic rings. The topological polar surface area (TPSA) is 29.3 Å². The highest BCUT2D eigenvalue weighted by Crippen LogP contribution is 2.18. The maximum atomic E-state index is 11.2. The number of carbonyl (C=O) groups excluding carboxylic acids is 1. The predicted molar refractivity (Wildman–Crippen MR) is 55.5 cm³/mol. The Hall–Kier alpha value is -0.570. The summed E-state index contributed by atoms with van der Waals surface area (Å²) >= 11 is 0. The minimum Gasteiger partial charge on any atom is -0.465 e. The molecule has 0 aromatic rings. The van der Waals surface area contributed by atoms with Crippen LogP contribution in [0.4, 0.5) is 0 Å². The molecule has 2 radical (unpaired) electrons. The fourth-order valence-corrected chi connectivity index (χ4v) is 0.952. The van der Waals surface area contributed by atoms with Crippen LogP contribution in [0.1, 0.15) is 19.8 Å². The van der Waals surface area contributed by atoms with Crippen molar-refractivity contribution in [1.29, 1.82) is 0 Å². The van der Waals surface area contributed by atoms with Gasteiger partial charge in [-0.2, -0.15) is 0 Å². The van der Waals surface area contributed by atoms with Crippen LogP contribution in [0.15, 0.2) is 0 Å². The molecule has 0 saturated carbocycles. The highest BCUT2D eigenvalue weighted by molar-refractivity contribution is 5.69. The summed E-state index contributed by atoms with van der Waals surface area (Å²) in [7, 11) is 0. The molecule has 3 heteroatoms. The van der Waals surface area contributed by atoms with E-state index in [9.17, 15) is 4.79 Å². The average molecular weight is 197 g/mol. The molecule has 1 saturated heterocycles. The van der Waals surface area contributed by atoms with Crippen LogP contribution in [0.3, 0.4) is 0 Å². The first kappa shape index (κ1) is 11.5. The number of carbonyl (C=O) groups is 1. The molecule has 0 bridgehead atoms. The first-order valence-electron chi connectivity index (χ1n) is 5.12. The van der Waals surface area contributed by atoms with E-state index in [0.717, 1.165) is 26.1 Å². The second kappa shape index (κ2) is 4.78. The molecule has 80 valence electrons. The summed E-state index contributed by atoms with van der Waals surface area (Å²) < 4.78 is 5.09. The summed E-state index contributed by atoms with van der Waals surface area (Å²) in [6, 6.07) is 0. The van der Waals surface area contributed by atoms with Gasteiger partial charge in [-0.15, -0.1) is 0 Å². The smallest absolute Gasteiger partial charge is 0.307 e. The van der Waals surface area contributed by atoms with Crippen molar-refractivity contribution < 1.29 is 9.53 Å². The van der Waals surface area contributed by atoms with Crippen molar-refractivity contribution in [3.63, 3.8) is 0 Å². The molecule has 0 atom stereocenters. The largest absolute Gasteiger partial charge is 0.465 e. The monoisotopic (exact) mass is 197 g/mol. The minimum absolute atomic E-state index is 0.137. The lowest BCUT2D eigenvalue weighted by atomic mass is 9.92. The molecule has 1 heterocycles. The van der Waals surface area contributed by atoms with E-state index in [1.807, 2.05) is 6.92 Å². The van der Waals surface area contributed by atoms with Gasteiger partial charge in [0, 0.05) is 25.0 Å².